The number of hydrogen-bond donors (Lipinski definition) is 1. The summed E-state index contributed by atoms with van der Waals surface area (Å²) in [6.45, 7) is 2.64. The van der Waals surface area contributed by atoms with E-state index in [4.69, 9.17) is 4.74 Å². The van der Waals surface area contributed by atoms with Gasteiger partial charge in [0, 0.05) is 17.1 Å². The lowest BCUT2D eigenvalue weighted by Gasteiger charge is -2.08. The molecule has 0 radical (unpaired) electrons. The van der Waals surface area contributed by atoms with Gasteiger partial charge in [0.2, 0.25) is 0 Å². The standard InChI is InChI=1S/C13H15FN2OS/c1-3-13-16-8-10(18-13)7-15-12-6-9(17-2)4-5-11(12)14/h4-6,8,15H,3,7H2,1-2H3. The van der Waals surface area contributed by atoms with Gasteiger partial charge in [-0.2, -0.15) is 0 Å². The number of thiazole rings is 1. The summed E-state index contributed by atoms with van der Waals surface area (Å²) in [5.41, 5.74) is 0.445. The van der Waals surface area contributed by atoms with Crippen LogP contribution in [0.1, 0.15) is 16.8 Å². The second-order valence-corrected chi connectivity index (χ2v) is 4.97. The Labute approximate surface area is 110 Å². The molecule has 0 aliphatic carbocycles. The molecule has 0 fully saturated rings. The minimum absolute atomic E-state index is 0.281. The molecule has 0 bridgehead atoms. The number of aromatic nitrogens is 1. The molecule has 18 heavy (non-hydrogen) atoms. The average Bonchev–Trinajstić information content (AvgIpc) is 2.86. The molecule has 0 saturated heterocycles. The third-order valence-corrected chi connectivity index (χ3v) is 3.67. The van der Waals surface area contributed by atoms with Crippen molar-refractivity contribution in [3.8, 4) is 5.75 Å². The largest absolute Gasteiger partial charge is 0.497 e. The molecule has 1 aromatic carbocycles. The summed E-state index contributed by atoms with van der Waals surface area (Å²) in [5.74, 6) is 0.355. The topological polar surface area (TPSA) is 34.2 Å². The zero-order valence-electron chi connectivity index (χ0n) is 10.4. The Balaban J connectivity index is 2.05. The van der Waals surface area contributed by atoms with Crippen molar-refractivity contribution in [2.24, 2.45) is 0 Å². The van der Waals surface area contributed by atoms with Crippen molar-refractivity contribution in [1.82, 2.24) is 4.98 Å². The zero-order chi connectivity index (χ0) is 13.0. The quantitative estimate of drug-likeness (QED) is 0.899. The number of hydrogen-bond acceptors (Lipinski definition) is 4. The Bertz CT molecular complexity index is 527. The van der Waals surface area contributed by atoms with E-state index < -0.39 is 0 Å². The number of nitrogens with one attached hydrogen (secondary N) is 1. The Morgan fingerprint density at radius 3 is 2.94 bits per heavy atom. The van der Waals surface area contributed by atoms with Crippen LogP contribution >= 0.6 is 11.3 Å². The molecule has 0 aliphatic heterocycles. The fourth-order valence-electron chi connectivity index (χ4n) is 1.54. The van der Waals surface area contributed by atoms with Crippen LogP contribution in [0, 0.1) is 5.82 Å². The Morgan fingerprint density at radius 2 is 2.28 bits per heavy atom. The summed E-state index contributed by atoms with van der Waals surface area (Å²) in [5, 5.41) is 4.15. The molecule has 1 N–H and O–H groups in total. The minimum atomic E-state index is -0.281. The van der Waals surface area contributed by atoms with E-state index >= 15 is 0 Å². The molecular formula is C13H15FN2OS. The summed E-state index contributed by atoms with van der Waals surface area (Å²) in [6, 6.07) is 4.64. The molecule has 0 aliphatic rings. The molecule has 0 spiro atoms. The predicted molar refractivity (Wildman–Crippen MR) is 71.8 cm³/mol. The van der Waals surface area contributed by atoms with Gasteiger partial charge in [0.1, 0.15) is 11.6 Å². The number of halogens is 1. The van der Waals surface area contributed by atoms with Gasteiger partial charge in [-0.05, 0) is 18.6 Å². The van der Waals surface area contributed by atoms with Gasteiger partial charge in [-0.1, -0.05) is 6.92 Å². The van der Waals surface area contributed by atoms with Crippen LogP contribution in [0.25, 0.3) is 0 Å². The minimum Gasteiger partial charge on any atom is -0.497 e. The summed E-state index contributed by atoms with van der Waals surface area (Å²) in [4.78, 5) is 5.35. The van der Waals surface area contributed by atoms with E-state index in [0.717, 1.165) is 16.3 Å². The van der Waals surface area contributed by atoms with E-state index in [1.807, 2.05) is 6.20 Å². The molecule has 2 rings (SSSR count). The number of anilines is 1. The van der Waals surface area contributed by atoms with Crippen molar-refractivity contribution >= 4 is 17.0 Å². The third kappa shape index (κ3) is 2.98. The molecule has 0 amide bonds. The van der Waals surface area contributed by atoms with Crippen LogP contribution in [-0.4, -0.2) is 12.1 Å². The normalized spacial score (nSPS) is 10.4. The first-order valence-corrected chi connectivity index (χ1v) is 6.55. The summed E-state index contributed by atoms with van der Waals surface area (Å²) < 4.78 is 18.6. The molecule has 2 aromatic rings. The number of methoxy groups -OCH3 is 1. The van der Waals surface area contributed by atoms with E-state index in [1.54, 1.807) is 30.6 Å². The smallest absolute Gasteiger partial charge is 0.146 e. The van der Waals surface area contributed by atoms with Crippen LogP contribution in [0.2, 0.25) is 0 Å². The van der Waals surface area contributed by atoms with Gasteiger partial charge < -0.3 is 10.1 Å². The van der Waals surface area contributed by atoms with Crippen LogP contribution < -0.4 is 10.1 Å². The molecular weight excluding hydrogens is 251 g/mol. The SMILES string of the molecule is CCc1ncc(CNc2cc(OC)ccc2F)s1. The lowest BCUT2D eigenvalue weighted by Crippen LogP contribution is -2.00. The molecule has 5 heteroatoms. The third-order valence-electron chi connectivity index (χ3n) is 2.53. The second kappa shape index (κ2) is 5.82. The van der Waals surface area contributed by atoms with Crippen LogP contribution in [0.15, 0.2) is 24.4 Å². The van der Waals surface area contributed by atoms with E-state index in [-0.39, 0.29) is 5.82 Å². The highest BCUT2D eigenvalue weighted by Crippen LogP contribution is 2.22. The van der Waals surface area contributed by atoms with Crippen molar-refractivity contribution in [1.29, 1.82) is 0 Å². The maximum atomic E-state index is 13.5. The second-order valence-electron chi connectivity index (χ2n) is 3.77. The molecule has 0 saturated carbocycles. The molecule has 1 heterocycles. The van der Waals surface area contributed by atoms with Crippen molar-refractivity contribution in [2.45, 2.75) is 19.9 Å². The molecule has 3 nitrogen and oxygen atoms in total. The maximum absolute atomic E-state index is 13.5. The van der Waals surface area contributed by atoms with Crippen molar-refractivity contribution in [2.75, 3.05) is 12.4 Å². The van der Waals surface area contributed by atoms with Gasteiger partial charge in [0.25, 0.3) is 0 Å². The van der Waals surface area contributed by atoms with Gasteiger partial charge in [-0.15, -0.1) is 11.3 Å². The van der Waals surface area contributed by atoms with Crippen LogP contribution in [0.5, 0.6) is 5.75 Å². The van der Waals surface area contributed by atoms with Crippen LogP contribution in [0.4, 0.5) is 10.1 Å². The van der Waals surface area contributed by atoms with Crippen molar-refractivity contribution in [3.05, 3.63) is 40.1 Å². The van der Waals surface area contributed by atoms with E-state index in [0.29, 0.717) is 18.0 Å². The van der Waals surface area contributed by atoms with Gasteiger partial charge in [-0.25, -0.2) is 9.37 Å². The first kappa shape index (κ1) is 12.8. The van der Waals surface area contributed by atoms with Crippen molar-refractivity contribution in [3.63, 3.8) is 0 Å². The highest BCUT2D eigenvalue weighted by Gasteiger charge is 2.05. The lowest BCUT2D eigenvalue weighted by atomic mass is 10.3. The number of ether oxygens (including phenoxy) is 1. The van der Waals surface area contributed by atoms with E-state index in [9.17, 15) is 4.39 Å². The molecule has 96 valence electrons. The molecule has 1 aromatic heterocycles. The van der Waals surface area contributed by atoms with Gasteiger partial charge >= 0.3 is 0 Å². The Kier molecular flexibility index (Phi) is 4.15. The van der Waals surface area contributed by atoms with Crippen LogP contribution in [0.3, 0.4) is 0 Å². The van der Waals surface area contributed by atoms with E-state index in [1.165, 1.54) is 6.07 Å². The summed E-state index contributed by atoms with van der Waals surface area (Å²) in [6.07, 6.45) is 2.76. The maximum Gasteiger partial charge on any atom is 0.146 e. The highest BCUT2D eigenvalue weighted by molar-refractivity contribution is 7.11. The van der Waals surface area contributed by atoms with Gasteiger partial charge in [0.05, 0.1) is 24.3 Å². The number of aryl methyl sites for hydroxylation is 1. The summed E-state index contributed by atoms with van der Waals surface area (Å²) in [7, 11) is 1.56. The van der Waals surface area contributed by atoms with E-state index in [2.05, 4.69) is 17.2 Å². The summed E-state index contributed by atoms with van der Waals surface area (Å²) >= 11 is 1.64. The fourth-order valence-corrected chi connectivity index (χ4v) is 2.34. The fraction of sp³-hybridized carbons (Fsp3) is 0.308. The van der Waals surface area contributed by atoms with Gasteiger partial charge in [-0.3, -0.25) is 0 Å². The monoisotopic (exact) mass is 266 g/mol. The predicted octanol–water partition coefficient (Wildman–Crippen LogP) is 3.47. The Morgan fingerprint density at radius 1 is 1.44 bits per heavy atom. The number of rotatable bonds is 5. The van der Waals surface area contributed by atoms with Gasteiger partial charge in [0.15, 0.2) is 0 Å². The zero-order valence-corrected chi connectivity index (χ0v) is 11.2. The van der Waals surface area contributed by atoms with Crippen LogP contribution in [-0.2, 0) is 13.0 Å². The molecule has 0 unspecified atom stereocenters. The Hall–Kier alpha value is -1.62. The van der Waals surface area contributed by atoms with Crippen molar-refractivity contribution < 1.29 is 9.13 Å². The number of nitrogens with zero attached hydrogens (tertiary/aromatic N) is 1. The first-order chi connectivity index (χ1) is 8.72. The molecule has 0 atom stereocenters. The first-order valence-electron chi connectivity index (χ1n) is 5.74. The average molecular weight is 266 g/mol. The highest BCUT2D eigenvalue weighted by atomic mass is 32.1. The number of benzene rings is 1. The lowest BCUT2D eigenvalue weighted by molar-refractivity contribution is 0.414.